The van der Waals surface area contributed by atoms with Crippen molar-refractivity contribution in [3.63, 3.8) is 0 Å². The van der Waals surface area contributed by atoms with Crippen LogP contribution in [0, 0.1) is 0 Å². The van der Waals surface area contributed by atoms with Crippen LogP contribution in [0.5, 0.6) is 5.75 Å². The maximum Gasteiger partial charge on any atom is 0.123 e. The molecule has 0 saturated carbocycles. The highest BCUT2D eigenvalue weighted by atomic mass is 16.5. The lowest BCUT2D eigenvalue weighted by molar-refractivity contribution is 0.246. The van der Waals surface area contributed by atoms with Crippen molar-refractivity contribution in [1.82, 2.24) is 4.90 Å². The Morgan fingerprint density at radius 1 is 1.50 bits per heavy atom. The van der Waals surface area contributed by atoms with E-state index in [1.54, 1.807) is 7.11 Å². The van der Waals surface area contributed by atoms with E-state index in [0.717, 1.165) is 24.3 Å². The van der Waals surface area contributed by atoms with Crippen LogP contribution < -0.4 is 10.5 Å². The molecule has 1 aliphatic rings. The molecule has 0 aliphatic carbocycles. The summed E-state index contributed by atoms with van der Waals surface area (Å²) in [6.07, 6.45) is 1.10. The van der Waals surface area contributed by atoms with E-state index in [-0.39, 0.29) is 0 Å². The predicted molar refractivity (Wildman–Crippen MR) is 65.6 cm³/mol. The molecule has 0 amide bonds. The molecule has 2 rings (SSSR count). The molecular weight excluding hydrogens is 200 g/mol. The second-order valence-electron chi connectivity index (χ2n) is 4.47. The van der Waals surface area contributed by atoms with E-state index in [0.29, 0.717) is 12.6 Å². The minimum atomic E-state index is 0.462. The molecule has 1 aliphatic heterocycles. The minimum absolute atomic E-state index is 0.462. The third kappa shape index (κ3) is 1.81. The molecule has 0 spiro atoms. The zero-order valence-corrected chi connectivity index (χ0v) is 10.3. The number of nitrogens with zero attached hydrogens (tertiary/aromatic N) is 1. The average molecular weight is 220 g/mol. The Kier molecular flexibility index (Phi) is 3.17. The highest BCUT2D eigenvalue weighted by molar-refractivity contribution is 5.45. The lowest BCUT2D eigenvalue weighted by Gasteiger charge is -2.32. The molecule has 1 aromatic rings. The molecule has 0 bridgehead atoms. The largest absolute Gasteiger partial charge is 0.496 e. The monoisotopic (exact) mass is 220 g/mol. The Morgan fingerprint density at radius 2 is 2.25 bits per heavy atom. The number of methoxy groups -OCH3 is 1. The first-order valence-electron chi connectivity index (χ1n) is 5.77. The van der Waals surface area contributed by atoms with Crippen molar-refractivity contribution in [2.45, 2.75) is 25.9 Å². The van der Waals surface area contributed by atoms with Crippen LogP contribution in [0.1, 0.15) is 29.7 Å². The maximum absolute atomic E-state index is 5.73. The topological polar surface area (TPSA) is 38.5 Å². The molecule has 3 nitrogen and oxygen atoms in total. The number of ether oxygens (including phenoxy) is 1. The molecule has 0 saturated heterocycles. The smallest absolute Gasteiger partial charge is 0.123 e. The van der Waals surface area contributed by atoms with Crippen molar-refractivity contribution in [2.24, 2.45) is 5.73 Å². The first kappa shape index (κ1) is 11.4. The second kappa shape index (κ2) is 4.44. The van der Waals surface area contributed by atoms with Gasteiger partial charge in [0.05, 0.1) is 7.11 Å². The summed E-state index contributed by atoms with van der Waals surface area (Å²) in [4.78, 5) is 2.36. The van der Waals surface area contributed by atoms with E-state index in [4.69, 9.17) is 10.5 Å². The quantitative estimate of drug-likeness (QED) is 0.824. The standard InChI is InChI=1S/C13H20N2O/c1-9-12-7-13(16-3)11(8-14)6-10(12)4-5-15(9)2/h6-7,9H,4-5,8,14H2,1-3H3. The van der Waals surface area contributed by atoms with Gasteiger partial charge in [-0.05, 0) is 37.6 Å². The van der Waals surface area contributed by atoms with E-state index in [2.05, 4.69) is 31.0 Å². The number of benzene rings is 1. The summed E-state index contributed by atoms with van der Waals surface area (Å²) >= 11 is 0. The van der Waals surface area contributed by atoms with Gasteiger partial charge in [0, 0.05) is 24.7 Å². The first-order valence-corrected chi connectivity index (χ1v) is 5.77. The summed E-state index contributed by atoms with van der Waals surface area (Å²) in [5, 5.41) is 0. The first-order chi connectivity index (χ1) is 7.67. The Balaban J connectivity index is 2.48. The van der Waals surface area contributed by atoms with Crippen molar-refractivity contribution < 1.29 is 4.74 Å². The van der Waals surface area contributed by atoms with Crippen molar-refractivity contribution in [2.75, 3.05) is 20.7 Å². The predicted octanol–water partition coefficient (Wildman–Crippen LogP) is 1.70. The molecule has 0 fully saturated rings. The fourth-order valence-electron chi connectivity index (χ4n) is 2.37. The van der Waals surface area contributed by atoms with Gasteiger partial charge in [-0.25, -0.2) is 0 Å². The van der Waals surface area contributed by atoms with Crippen molar-refractivity contribution in [3.05, 3.63) is 28.8 Å². The third-order valence-electron chi connectivity index (χ3n) is 3.61. The molecule has 0 radical (unpaired) electrons. The number of hydrogen-bond acceptors (Lipinski definition) is 3. The van der Waals surface area contributed by atoms with Crippen LogP contribution in [0.3, 0.4) is 0 Å². The Bertz CT molecular complexity index is 390. The normalized spacial score (nSPS) is 20.6. The van der Waals surface area contributed by atoms with Crippen LogP contribution in [0.4, 0.5) is 0 Å². The van der Waals surface area contributed by atoms with Gasteiger partial charge in [-0.1, -0.05) is 6.07 Å². The summed E-state index contributed by atoms with van der Waals surface area (Å²) in [6, 6.07) is 4.82. The summed E-state index contributed by atoms with van der Waals surface area (Å²) in [5.74, 6) is 0.920. The maximum atomic E-state index is 5.73. The average Bonchev–Trinajstić information content (AvgIpc) is 2.32. The van der Waals surface area contributed by atoms with Crippen LogP contribution in [-0.2, 0) is 13.0 Å². The zero-order chi connectivity index (χ0) is 11.7. The Hall–Kier alpha value is -1.06. The molecule has 16 heavy (non-hydrogen) atoms. The number of nitrogens with two attached hydrogens (primary N) is 1. The van der Waals surface area contributed by atoms with Crippen LogP contribution >= 0.6 is 0 Å². The van der Waals surface area contributed by atoms with E-state index in [1.165, 1.54) is 11.1 Å². The molecule has 1 heterocycles. The van der Waals surface area contributed by atoms with Gasteiger partial charge in [0.1, 0.15) is 5.75 Å². The summed E-state index contributed by atoms with van der Waals surface area (Å²) in [7, 11) is 3.87. The van der Waals surface area contributed by atoms with Crippen molar-refractivity contribution >= 4 is 0 Å². The van der Waals surface area contributed by atoms with E-state index in [1.807, 2.05) is 0 Å². The lowest BCUT2D eigenvalue weighted by atomic mass is 9.91. The van der Waals surface area contributed by atoms with Crippen LogP contribution in [0.2, 0.25) is 0 Å². The van der Waals surface area contributed by atoms with Gasteiger partial charge in [-0.3, -0.25) is 4.90 Å². The highest BCUT2D eigenvalue weighted by Gasteiger charge is 2.22. The number of fused-ring (bicyclic) bond motifs is 1. The van der Waals surface area contributed by atoms with Gasteiger partial charge in [-0.15, -0.1) is 0 Å². The molecular formula is C13H20N2O. The van der Waals surface area contributed by atoms with E-state index >= 15 is 0 Å². The van der Waals surface area contributed by atoms with Gasteiger partial charge < -0.3 is 10.5 Å². The summed E-state index contributed by atoms with van der Waals surface area (Å²) in [5.41, 5.74) is 9.64. The van der Waals surface area contributed by atoms with Crippen molar-refractivity contribution in [3.8, 4) is 5.75 Å². The van der Waals surface area contributed by atoms with E-state index in [9.17, 15) is 0 Å². The number of rotatable bonds is 2. The van der Waals surface area contributed by atoms with E-state index < -0.39 is 0 Å². The lowest BCUT2D eigenvalue weighted by Crippen LogP contribution is -2.30. The van der Waals surface area contributed by atoms with Crippen molar-refractivity contribution in [1.29, 1.82) is 0 Å². The number of likely N-dealkylation sites (N-methyl/N-ethyl adjacent to an activating group) is 1. The molecule has 1 atom stereocenters. The summed E-state index contributed by atoms with van der Waals surface area (Å²) < 4.78 is 5.39. The Morgan fingerprint density at radius 3 is 2.88 bits per heavy atom. The molecule has 88 valence electrons. The minimum Gasteiger partial charge on any atom is -0.496 e. The van der Waals surface area contributed by atoms with Gasteiger partial charge in [0.2, 0.25) is 0 Å². The third-order valence-corrected chi connectivity index (χ3v) is 3.61. The van der Waals surface area contributed by atoms with Gasteiger partial charge >= 0.3 is 0 Å². The molecule has 1 unspecified atom stereocenters. The summed E-state index contributed by atoms with van der Waals surface area (Å²) in [6.45, 7) is 3.89. The van der Waals surface area contributed by atoms with Crippen LogP contribution in [-0.4, -0.2) is 25.6 Å². The number of hydrogen-bond donors (Lipinski definition) is 1. The second-order valence-corrected chi connectivity index (χ2v) is 4.47. The van der Waals surface area contributed by atoms with Crippen LogP contribution in [0.15, 0.2) is 12.1 Å². The van der Waals surface area contributed by atoms with Gasteiger partial charge in [-0.2, -0.15) is 0 Å². The SMILES string of the molecule is COc1cc2c(cc1CN)CCN(C)C2C. The fourth-order valence-corrected chi connectivity index (χ4v) is 2.37. The molecule has 1 aromatic carbocycles. The molecule has 2 N–H and O–H groups in total. The molecule has 3 heteroatoms. The zero-order valence-electron chi connectivity index (χ0n) is 10.3. The fraction of sp³-hybridized carbons (Fsp3) is 0.538. The van der Waals surface area contributed by atoms with Gasteiger partial charge in [0.25, 0.3) is 0 Å². The molecule has 0 aromatic heterocycles. The van der Waals surface area contributed by atoms with Gasteiger partial charge in [0.15, 0.2) is 0 Å². The van der Waals surface area contributed by atoms with Crippen LogP contribution in [0.25, 0.3) is 0 Å². The highest BCUT2D eigenvalue weighted by Crippen LogP contribution is 2.33. The Labute approximate surface area is 97.2 Å².